The van der Waals surface area contributed by atoms with Crippen LogP contribution in [-0.2, 0) is 17.6 Å². The Morgan fingerprint density at radius 2 is 2.33 bits per heavy atom. The summed E-state index contributed by atoms with van der Waals surface area (Å²) in [4.78, 5) is 14.8. The second kappa shape index (κ2) is 4.04. The molecule has 0 aliphatic heterocycles. The number of hydrogen-bond donors (Lipinski definition) is 1. The number of aromatic nitrogens is 1. The summed E-state index contributed by atoms with van der Waals surface area (Å²) >= 11 is 0. The first kappa shape index (κ1) is 10.2. The van der Waals surface area contributed by atoms with Crippen molar-refractivity contribution in [3.8, 4) is 0 Å². The number of carboxylic acids is 1. The molecule has 0 unspecified atom stereocenters. The van der Waals surface area contributed by atoms with Crippen molar-refractivity contribution in [2.75, 3.05) is 0 Å². The van der Waals surface area contributed by atoms with E-state index in [1.165, 1.54) is 12.8 Å². The molecule has 0 atom stereocenters. The highest BCUT2D eigenvalue weighted by atomic mass is 16.4. The van der Waals surface area contributed by atoms with Crippen LogP contribution in [-0.4, -0.2) is 16.1 Å². The second-order valence-corrected chi connectivity index (χ2v) is 3.94. The first-order chi connectivity index (χ1) is 7.20. The molecule has 1 aliphatic carbocycles. The van der Waals surface area contributed by atoms with E-state index in [1.807, 2.05) is 6.92 Å². The van der Waals surface area contributed by atoms with Crippen molar-refractivity contribution in [2.24, 2.45) is 0 Å². The van der Waals surface area contributed by atoms with Gasteiger partial charge in [-0.05, 0) is 12.8 Å². The van der Waals surface area contributed by atoms with Crippen LogP contribution in [0.2, 0.25) is 0 Å². The first-order valence-corrected chi connectivity index (χ1v) is 5.41. The fourth-order valence-corrected chi connectivity index (χ4v) is 1.66. The maximum absolute atomic E-state index is 10.4. The third kappa shape index (κ3) is 2.37. The average Bonchev–Trinajstić information content (AvgIpc) is 2.96. The van der Waals surface area contributed by atoms with Crippen LogP contribution in [0, 0.1) is 0 Å². The van der Waals surface area contributed by atoms with Crippen LogP contribution in [0.1, 0.15) is 49.4 Å². The quantitative estimate of drug-likeness (QED) is 0.806. The lowest BCUT2D eigenvalue weighted by atomic mass is 10.2. The van der Waals surface area contributed by atoms with E-state index in [1.54, 1.807) is 0 Å². The third-order valence-electron chi connectivity index (χ3n) is 2.61. The minimum Gasteiger partial charge on any atom is -0.481 e. The molecule has 4 heteroatoms. The Hall–Kier alpha value is -1.32. The summed E-state index contributed by atoms with van der Waals surface area (Å²) in [6, 6.07) is 0. The molecule has 1 aromatic heterocycles. The highest BCUT2D eigenvalue weighted by Gasteiger charge is 2.30. The number of rotatable bonds is 5. The molecule has 1 N–H and O–H groups in total. The van der Waals surface area contributed by atoms with Gasteiger partial charge in [0.2, 0.25) is 0 Å². The summed E-state index contributed by atoms with van der Waals surface area (Å²) in [5.41, 5.74) is 1.07. The summed E-state index contributed by atoms with van der Waals surface area (Å²) < 4.78 is 5.54. The van der Waals surface area contributed by atoms with Crippen LogP contribution in [0.5, 0.6) is 0 Å². The topological polar surface area (TPSA) is 63.3 Å². The zero-order valence-electron chi connectivity index (χ0n) is 8.82. The molecule has 0 amide bonds. The predicted molar refractivity (Wildman–Crippen MR) is 53.8 cm³/mol. The maximum Gasteiger partial charge on any atom is 0.303 e. The van der Waals surface area contributed by atoms with Crippen LogP contribution >= 0.6 is 0 Å². The Morgan fingerprint density at radius 1 is 1.60 bits per heavy atom. The highest BCUT2D eigenvalue weighted by Crippen LogP contribution is 2.41. The van der Waals surface area contributed by atoms with Gasteiger partial charge in [0.1, 0.15) is 5.76 Å². The van der Waals surface area contributed by atoms with Crippen LogP contribution in [0.15, 0.2) is 4.42 Å². The SMILES string of the molecule is CCc1oc(CCC(=O)O)nc1C1CC1. The van der Waals surface area contributed by atoms with Crippen molar-refractivity contribution in [3.63, 3.8) is 0 Å². The molecule has 1 aliphatic rings. The molecule has 0 bridgehead atoms. The second-order valence-electron chi connectivity index (χ2n) is 3.94. The maximum atomic E-state index is 10.4. The van der Waals surface area contributed by atoms with Crippen LogP contribution in [0.3, 0.4) is 0 Å². The number of carboxylic acid groups (broad SMARTS) is 1. The molecule has 4 nitrogen and oxygen atoms in total. The lowest BCUT2D eigenvalue weighted by Crippen LogP contribution is -1.97. The Kier molecular flexibility index (Phi) is 2.75. The van der Waals surface area contributed by atoms with Gasteiger partial charge < -0.3 is 9.52 Å². The van der Waals surface area contributed by atoms with E-state index < -0.39 is 5.97 Å². The van der Waals surface area contributed by atoms with Gasteiger partial charge in [-0.3, -0.25) is 4.79 Å². The van der Waals surface area contributed by atoms with E-state index in [2.05, 4.69) is 4.98 Å². The van der Waals surface area contributed by atoms with Crippen LogP contribution < -0.4 is 0 Å². The molecule has 0 aromatic carbocycles. The smallest absolute Gasteiger partial charge is 0.303 e. The molecule has 0 spiro atoms. The Morgan fingerprint density at radius 3 is 2.87 bits per heavy atom. The van der Waals surface area contributed by atoms with Gasteiger partial charge in [-0.2, -0.15) is 0 Å². The van der Waals surface area contributed by atoms with E-state index >= 15 is 0 Å². The van der Waals surface area contributed by atoms with Gasteiger partial charge in [0.05, 0.1) is 12.1 Å². The van der Waals surface area contributed by atoms with E-state index in [0.29, 0.717) is 18.2 Å². The summed E-state index contributed by atoms with van der Waals surface area (Å²) in [7, 11) is 0. The number of aryl methyl sites for hydroxylation is 2. The number of carbonyl (C=O) groups is 1. The Labute approximate surface area is 88.3 Å². The van der Waals surface area contributed by atoms with Gasteiger partial charge in [0, 0.05) is 18.8 Å². The number of oxazole rings is 1. The largest absolute Gasteiger partial charge is 0.481 e. The van der Waals surface area contributed by atoms with E-state index in [-0.39, 0.29) is 6.42 Å². The summed E-state index contributed by atoms with van der Waals surface area (Å²) in [5.74, 6) is 1.29. The lowest BCUT2D eigenvalue weighted by molar-refractivity contribution is -0.137. The third-order valence-corrected chi connectivity index (χ3v) is 2.61. The van der Waals surface area contributed by atoms with E-state index in [4.69, 9.17) is 9.52 Å². The molecule has 0 radical (unpaired) electrons. The van der Waals surface area contributed by atoms with Gasteiger partial charge in [-0.15, -0.1) is 0 Å². The molecule has 1 heterocycles. The normalized spacial score (nSPS) is 15.5. The number of nitrogens with zero attached hydrogens (tertiary/aromatic N) is 1. The predicted octanol–water partition coefficient (Wildman–Crippen LogP) is 2.13. The van der Waals surface area contributed by atoms with E-state index in [9.17, 15) is 4.79 Å². The summed E-state index contributed by atoms with van der Waals surface area (Å²) in [6.45, 7) is 2.04. The zero-order valence-corrected chi connectivity index (χ0v) is 8.82. The molecule has 82 valence electrons. The van der Waals surface area contributed by atoms with Crippen molar-refractivity contribution < 1.29 is 14.3 Å². The Bertz CT molecular complexity index is 366. The molecular weight excluding hydrogens is 194 g/mol. The van der Waals surface area contributed by atoms with Crippen molar-refractivity contribution in [1.82, 2.24) is 4.98 Å². The van der Waals surface area contributed by atoms with Crippen molar-refractivity contribution in [2.45, 2.75) is 44.9 Å². The van der Waals surface area contributed by atoms with Gasteiger partial charge in [-0.25, -0.2) is 4.98 Å². The fraction of sp³-hybridized carbons (Fsp3) is 0.636. The van der Waals surface area contributed by atoms with E-state index in [0.717, 1.165) is 17.9 Å². The van der Waals surface area contributed by atoms with Gasteiger partial charge in [-0.1, -0.05) is 6.92 Å². The molecular formula is C11H15NO3. The fourth-order valence-electron chi connectivity index (χ4n) is 1.66. The van der Waals surface area contributed by atoms with Crippen LogP contribution in [0.4, 0.5) is 0 Å². The molecule has 1 saturated carbocycles. The standard InChI is InChI=1S/C11H15NO3/c1-2-8-11(7-3-4-7)12-9(15-8)5-6-10(13)14/h7H,2-6H2,1H3,(H,13,14). The van der Waals surface area contributed by atoms with Gasteiger partial charge in [0.25, 0.3) is 0 Å². The first-order valence-electron chi connectivity index (χ1n) is 5.41. The molecule has 1 fully saturated rings. The summed E-state index contributed by atoms with van der Waals surface area (Å²) in [6.07, 6.45) is 3.71. The van der Waals surface area contributed by atoms with Crippen molar-refractivity contribution >= 4 is 5.97 Å². The zero-order chi connectivity index (χ0) is 10.8. The van der Waals surface area contributed by atoms with Gasteiger partial charge in [0.15, 0.2) is 5.89 Å². The summed E-state index contributed by atoms with van der Waals surface area (Å²) in [5, 5.41) is 8.56. The molecule has 1 aromatic rings. The van der Waals surface area contributed by atoms with Crippen molar-refractivity contribution in [3.05, 3.63) is 17.3 Å². The minimum atomic E-state index is -0.806. The highest BCUT2D eigenvalue weighted by molar-refractivity contribution is 5.66. The lowest BCUT2D eigenvalue weighted by Gasteiger charge is -1.91. The number of aliphatic carboxylic acids is 1. The number of hydrogen-bond acceptors (Lipinski definition) is 3. The molecule has 0 saturated heterocycles. The monoisotopic (exact) mass is 209 g/mol. The molecule has 15 heavy (non-hydrogen) atoms. The van der Waals surface area contributed by atoms with Crippen LogP contribution in [0.25, 0.3) is 0 Å². The molecule has 2 rings (SSSR count). The minimum absolute atomic E-state index is 0.0910. The van der Waals surface area contributed by atoms with Crippen molar-refractivity contribution in [1.29, 1.82) is 0 Å². The van der Waals surface area contributed by atoms with Gasteiger partial charge >= 0.3 is 5.97 Å². The Balaban J connectivity index is 2.08. The average molecular weight is 209 g/mol.